The minimum absolute atomic E-state index is 0. The first kappa shape index (κ1) is 12.9. The predicted molar refractivity (Wildman–Crippen MR) is 53.4 cm³/mol. The van der Waals surface area contributed by atoms with E-state index in [1.165, 1.54) is 0 Å². The summed E-state index contributed by atoms with van der Waals surface area (Å²) in [4.78, 5) is 0. The quantitative estimate of drug-likeness (QED) is 0.610. The maximum atomic E-state index is 9.50. The molecule has 0 radical (unpaired) electrons. The number of nitrogens with zero attached hydrogens (tertiary/aromatic N) is 2. The Morgan fingerprint density at radius 2 is 1.62 bits per heavy atom. The van der Waals surface area contributed by atoms with Gasteiger partial charge in [-0.05, 0) is 12.8 Å². The van der Waals surface area contributed by atoms with Crippen LogP contribution in [0, 0.1) is 37.0 Å². The summed E-state index contributed by atoms with van der Waals surface area (Å²) in [5, 5.41) is 18.9. The van der Waals surface area contributed by atoms with Gasteiger partial charge in [-0.25, -0.2) is 0 Å². The number of allylic oxidation sites excluding steroid dienone is 4. The molecule has 0 aliphatic heterocycles. The van der Waals surface area contributed by atoms with Crippen LogP contribution in [-0.2, 0) is 0 Å². The largest absolute Gasteiger partial charge is 2.00 e. The predicted octanol–water partition coefficient (Wildman–Crippen LogP) is 2.55. The van der Waals surface area contributed by atoms with Gasteiger partial charge in [0.25, 0.3) is 0 Å². The van der Waals surface area contributed by atoms with Crippen LogP contribution in [0.2, 0.25) is 0 Å². The van der Waals surface area contributed by atoms with Crippen molar-refractivity contribution in [3.63, 3.8) is 0 Å². The van der Waals surface area contributed by atoms with E-state index >= 15 is 0 Å². The Labute approximate surface area is 103 Å². The van der Waals surface area contributed by atoms with Crippen LogP contribution in [0.15, 0.2) is 23.3 Å². The summed E-state index contributed by atoms with van der Waals surface area (Å²) in [6, 6.07) is 0. The second kappa shape index (κ2) is 4.93. The van der Waals surface area contributed by atoms with Crippen molar-refractivity contribution in [3.05, 3.63) is 34.1 Å². The molecule has 0 saturated heterocycles. The van der Waals surface area contributed by atoms with Crippen molar-refractivity contribution in [1.82, 2.24) is 0 Å². The van der Waals surface area contributed by atoms with Crippen LogP contribution in [0.4, 0.5) is 0 Å². The molecule has 2 nitrogen and oxygen atoms in total. The van der Waals surface area contributed by atoms with Gasteiger partial charge < -0.3 is 10.8 Å². The van der Waals surface area contributed by atoms with Gasteiger partial charge in [0.1, 0.15) is 0 Å². The van der Waals surface area contributed by atoms with E-state index in [9.17, 15) is 10.8 Å². The van der Waals surface area contributed by atoms with E-state index in [1.807, 2.05) is 26.0 Å². The Balaban J connectivity index is 0.00000144. The molecule has 0 aromatic carbocycles. The third-order valence-electron chi connectivity index (χ3n) is 2.01. The fraction of sp³-hybridized carbons (Fsp3) is 0.400. The van der Waals surface area contributed by atoms with Crippen LogP contribution in [0.3, 0.4) is 0 Å². The van der Waals surface area contributed by atoms with Crippen LogP contribution < -0.4 is 0 Å². The van der Waals surface area contributed by atoms with Gasteiger partial charge in [0.2, 0.25) is 0 Å². The second-order valence-corrected chi connectivity index (χ2v) is 3.32. The Morgan fingerprint density at radius 3 is 2.08 bits per heavy atom. The summed E-state index contributed by atoms with van der Waals surface area (Å²) < 4.78 is 0. The van der Waals surface area contributed by atoms with E-state index < -0.39 is 0 Å². The molecule has 0 amide bonds. The van der Waals surface area contributed by atoms with Gasteiger partial charge in [0, 0.05) is 0 Å². The van der Waals surface area contributed by atoms with E-state index in [4.69, 9.17) is 0 Å². The fourth-order valence-corrected chi connectivity index (χ4v) is 1.16. The van der Waals surface area contributed by atoms with Crippen molar-refractivity contribution in [2.75, 3.05) is 0 Å². The van der Waals surface area contributed by atoms with E-state index in [0.717, 1.165) is 5.57 Å². The van der Waals surface area contributed by atoms with Crippen LogP contribution in [-0.4, -0.2) is 11.4 Å². The molecule has 13 heavy (non-hydrogen) atoms. The molecule has 0 N–H and O–H groups in total. The average molecular weight is 398 g/mol. The molecule has 0 saturated carbocycles. The molecule has 1 aliphatic carbocycles. The summed E-state index contributed by atoms with van der Waals surface area (Å²) in [7, 11) is 0. The van der Waals surface area contributed by atoms with Crippen LogP contribution in [0.25, 0.3) is 10.8 Å². The molecule has 0 bridgehead atoms. The molecular weight excluding hydrogens is 386 g/mol. The van der Waals surface area contributed by atoms with Gasteiger partial charge in [-0.3, -0.25) is 0 Å². The number of hydrogen-bond acceptors (Lipinski definition) is 0. The molecule has 66 valence electrons. The molecular formula is C10H12N2U. The first-order valence-electron chi connectivity index (χ1n) is 4.05. The minimum Gasteiger partial charge on any atom is -0.805 e. The monoisotopic (exact) mass is 398 g/mol. The molecule has 0 spiro atoms. The normalized spacial score (nSPS) is 16.6. The van der Waals surface area contributed by atoms with Crippen LogP contribution in [0.5, 0.6) is 0 Å². The fourth-order valence-electron chi connectivity index (χ4n) is 1.16. The van der Waals surface area contributed by atoms with Gasteiger partial charge in [0.15, 0.2) is 0 Å². The zero-order chi connectivity index (χ0) is 9.30. The van der Waals surface area contributed by atoms with Gasteiger partial charge >= 0.3 is 31.1 Å². The van der Waals surface area contributed by atoms with Crippen LogP contribution >= 0.6 is 0 Å². The van der Waals surface area contributed by atoms with Gasteiger partial charge in [-0.1, -0.05) is 37.1 Å². The van der Waals surface area contributed by atoms with Crippen molar-refractivity contribution < 1.29 is 31.1 Å². The molecule has 0 unspecified atom stereocenters. The Morgan fingerprint density at radius 1 is 1.08 bits per heavy atom. The third kappa shape index (κ3) is 2.66. The first-order chi connectivity index (χ1) is 5.54. The van der Waals surface area contributed by atoms with E-state index in [2.05, 4.69) is 0 Å². The van der Waals surface area contributed by atoms with E-state index in [-0.39, 0.29) is 48.5 Å². The van der Waals surface area contributed by atoms with E-state index in [1.54, 1.807) is 6.92 Å². The van der Waals surface area contributed by atoms with Crippen LogP contribution in [0.1, 0.15) is 20.8 Å². The average Bonchev–Trinajstić information content (AvgIpc) is 2.00. The van der Waals surface area contributed by atoms with Gasteiger partial charge in [-0.15, -0.1) is 0 Å². The van der Waals surface area contributed by atoms with E-state index in [0.29, 0.717) is 5.57 Å². The molecule has 0 heterocycles. The molecule has 1 aliphatic rings. The van der Waals surface area contributed by atoms with Gasteiger partial charge in [0.05, 0.1) is 0 Å². The topological polar surface area (TPSA) is 44.6 Å². The molecule has 3 heteroatoms. The molecule has 1 rings (SSSR count). The summed E-state index contributed by atoms with van der Waals surface area (Å²) in [6.07, 6.45) is 3.65. The summed E-state index contributed by atoms with van der Waals surface area (Å²) in [5.41, 5.74) is 1.52. The second-order valence-electron chi connectivity index (χ2n) is 3.32. The Kier molecular flexibility index (Phi) is 4.88. The summed E-state index contributed by atoms with van der Waals surface area (Å²) in [6.45, 7) is 5.72. The zero-order valence-corrected chi connectivity index (χ0v) is 12.3. The summed E-state index contributed by atoms with van der Waals surface area (Å²) >= 11 is 0. The number of rotatable bonds is 1. The standard InChI is InChI=1S/C10H12N2.U/c1-6(2)8-5-4-7(3)9(11)10(8)12;/h4-6H,1-3H3;/q-2;+2. The Hall–Kier alpha value is -0.128. The van der Waals surface area contributed by atoms with Crippen molar-refractivity contribution in [3.8, 4) is 0 Å². The SMILES string of the molecule is CC1=CC=C(C(C)C)C(=[N-])C1=[N-].[U+2]. The molecule has 0 fully saturated rings. The maximum absolute atomic E-state index is 9.50. The van der Waals surface area contributed by atoms with Crippen molar-refractivity contribution in [2.24, 2.45) is 5.92 Å². The van der Waals surface area contributed by atoms with Crippen molar-refractivity contribution >= 4 is 11.4 Å². The third-order valence-corrected chi connectivity index (χ3v) is 2.01. The maximum Gasteiger partial charge on any atom is 2.00 e. The Bertz CT molecular complexity index is 298. The van der Waals surface area contributed by atoms with Crippen molar-refractivity contribution in [1.29, 1.82) is 0 Å². The minimum atomic E-state index is 0. The van der Waals surface area contributed by atoms with Gasteiger partial charge in [-0.2, -0.15) is 11.4 Å². The number of hydrogen-bond donors (Lipinski definition) is 0. The molecule has 0 atom stereocenters. The summed E-state index contributed by atoms with van der Waals surface area (Å²) in [5.74, 6) is 0.233. The van der Waals surface area contributed by atoms with Crippen molar-refractivity contribution in [2.45, 2.75) is 20.8 Å². The molecule has 0 aromatic rings. The molecule has 0 aromatic heterocycles. The zero-order valence-electron chi connectivity index (χ0n) is 8.13. The first-order valence-corrected chi connectivity index (χ1v) is 4.05. The smallest absolute Gasteiger partial charge is 0.805 e.